The number of nitrogens with one attached hydrogen (secondary N) is 3. The van der Waals surface area contributed by atoms with Crippen LogP contribution in [0.3, 0.4) is 0 Å². The van der Waals surface area contributed by atoms with Crippen LogP contribution in [0, 0.1) is 0 Å². The molecule has 41 heavy (non-hydrogen) atoms. The number of hydrazone groups is 1. The molecule has 0 saturated heterocycles. The molecular weight excluding hydrogens is 516 g/mol. The second kappa shape index (κ2) is 11.3. The normalized spacial score (nSPS) is 17.0. The van der Waals surface area contributed by atoms with E-state index >= 15 is 0 Å². The van der Waals surface area contributed by atoms with E-state index in [9.17, 15) is 9.59 Å². The second-order valence-corrected chi connectivity index (χ2v) is 10.8. The zero-order valence-corrected chi connectivity index (χ0v) is 23.6. The quantitative estimate of drug-likeness (QED) is 0.322. The Bertz CT molecular complexity index is 1540. The molecule has 1 atom stereocenters. The Morgan fingerprint density at radius 1 is 1.05 bits per heavy atom. The van der Waals surface area contributed by atoms with Gasteiger partial charge in [-0.3, -0.25) is 15.1 Å². The topological polar surface area (TPSA) is 127 Å². The summed E-state index contributed by atoms with van der Waals surface area (Å²) in [5, 5.41) is 10.6. The summed E-state index contributed by atoms with van der Waals surface area (Å²) in [4.78, 5) is 34.7. The lowest BCUT2D eigenvalue weighted by atomic mass is 9.96. The van der Waals surface area contributed by atoms with E-state index in [-0.39, 0.29) is 18.0 Å². The van der Waals surface area contributed by atoms with Crippen LogP contribution in [0.15, 0.2) is 101 Å². The van der Waals surface area contributed by atoms with Crippen molar-refractivity contribution in [1.29, 1.82) is 0 Å². The van der Waals surface area contributed by atoms with Crippen LogP contribution in [0.1, 0.15) is 35.8 Å². The van der Waals surface area contributed by atoms with Crippen molar-refractivity contribution in [2.45, 2.75) is 25.4 Å². The van der Waals surface area contributed by atoms with E-state index in [0.717, 1.165) is 16.8 Å². The molecule has 0 unspecified atom stereocenters. The Labute approximate surface area is 239 Å². The number of nitrogen functional groups attached to an aromatic ring is 1. The van der Waals surface area contributed by atoms with Crippen molar-refractivity contribution in [2.24, 2.45) is 10.1 Å². The molecule has 5 rings (SSSR count). The first-order valence-corrected chi connectivity index (χ1v) is 13.3. The maximum atomic E-state index is 13.6. The first-order chi connectivity index (χ1) is 19.6. The number of carbonyl (C=O) groups excluding carboxylic acids is 2. The van der Waals surface area contributed by atoms with Crippen molar-refractivity contribution in [3.05, 3.63) is 102 Å². The Hall–Kier alpha value is -4.96. The van der Waals surface area contributed by atoms with Crippen molar-refractivity contribution >= 4 is 40.5 Å². The number of nitrogens with two attached hydrogens (primary N) is 1. The maximum absolute atomic E-state index is 13.6. The second-order valence-electron chi connectivity index (χ2n) is 10.8. The fourth-order valence-corrected chi connectivity index (χ4v) is 4.86. The summed E-state index contributed by atoms with van der Waals surface area (Å²) in [6, 6.07) is 23.5. The molecule has 0 radical (unpaired) electrons. The first-order valence-electron chi connectivity index (χ1n) is 13.3. The molecule has 0 aliphatic carbocycles. The van der Waals surface area contributed by atoms with Gasteiger partial charge in [-0.05, 0) is 76.0 Å². The Morgan fingerprint density at radius 3 is 2.49 bits per heavy atom. The SMILES string of the molecule is CN(C)C[C@@H](NC(=O)N1C=C2C(=Nc3cccc(NC(=O)c4ccc(N)cc4)c3)NN=C2C1(C)C)c1ccccc1. The van der Waals surface area contributed by atoms with E-state index in [1.54, 1.807) is 47.5 Å². The summed E-state index contributed by atoms with van der Waals surface area (Å²) in [6.45, 7) is 4.56. The van der Waals surface area contributed by atoms with Gasteiger partial charge in [0.2, 0.25) is 0 Å². The lowest BCUT2D eigenvalue weighted by Crippen LogP contribution is -2.51. The van der Waals surface area contributed by atoms with Gasteiger partial charge in [0, 0.05) is 29.7 Å². The van der Waals surface area contributed by atoms with Gasteiger partial charge in [-0.1, -0.05) is 36.4 Å². The van der Waals surface area contributed by atoms with Crippen LogP contribution < -0.4 is 21.8 Å². The highest BCUT2D eigenvalue weighted by molar-refractivity contribution is 6.32. The average Bonchev–Trinajstić information content (AvgIpc) is 3.46. The molecule has 0 spiro atoms. The third-order valence-electron chi connectivity index (χ3n) is 7.01. The number of likely N-dealkylation sites (N-methyl/N-ethyl adjacent to an activating group) is 1. The number of nitrogens with zero attached hydrogens (tertiary/aromatic N) is 4. The number of anilines is 2. The van der Waals surface area contributed by atoms with Crippen LogP contribution in [0.2, 0.25) is 0 Å². The molecular formula is C31H34N8O2. The summed E-state index contributed by atoms with van der Waals surface area (Å²) in [5.74, 6) is 0.280. The van der Waals surface area contributed by atoms with Gasteiger partial charge >= 0.3 is 6.03 Å². The van der Waals surface area contributed by atoms with Crippen LogP contribution in [0.5, 0.6) is 0 Å². The summed E-state index contributed by atoms with van der Waals surface area (Å²) >= 11 is 0. The fourth-order valence-electron chi connectivity index (χ4n) is 4.86. The largest absolute Gasteiger partial charge is 0.399 e. The number of urea groups is 1. The number of aliphatic imine (C=N–C) groups is 1. The molecule has 10 nitrogen and oxygen atoms in total. The number of fused-ring (bicyclic) bond motifs is 1. The third kappa shape index (κ3) is 5.97. The Balaban J connectivity index is 1.34. The van der Waals surface area contributed by atoms with Crippen molar-refractivity contribution < 1.29 is 9.59 Å². The smallest absolute Gasteiger partial charge is 0.322 e. The van der Waals surface area contributed by atoms with E-state index in [1.165, 1.54) is 0 Å². The van der Waals surface area contributed by atoms with Crippen molar-refractivity contribution in [3.63, 3.8) is 0 Å². The molecule has 2 aliphatic heterocycles. The molecule has 0 bridgehead atoms. The van der Waals surface area contributed by atoms with E-state index in [4.69, 9.17) is 10.7 Å². The molecule has 3 aromatic rings. The Kier molecular flexibility index (Phi) is 7.58. The zero-order chi connectivity index (χ0) is 29.1. The molecule has 210 valence electrons. The van der Waals surface area contributed by atoms with Crippen LogP contribution in [0.4, 0.5) is 21.9 Å². The minimum Gasteiger partial charge on any atom is -0.399 e. The fraction of sp³-hybridized carbons (Fsp3) is 0.226. The molecule has 5 N–H and O–H groups in total. The molecule has 10 heteroatoms. The maximum Gasteiger partial charge on any atom is 0.322 e. The molecule has 0 saturated carbocycles. The van der Waals surface area contributed by atoms with Gasteiger partial charge in [0.1, 0.15) is 0 Å². The molecule has 3 aromatic carbocycles. The Morgan fingerprint density at radius 2 is 1.78 bits per heavy atom. The van der Waals surface area contributed by atoms with Crippen molar-refractivity contribution in [1.82, 2.24) is 20.5 Å². The van der Waals surface area contributed by atoms with Gasteiger partial charge in [-0.2, -0.15) is 5.10 Å². The number of carbonyl (C=O) groups is 2. The highest BCUT2D eigenvalue weighted by atomic mass is 16.2. The van der Waals surface area contributed by atoms with Crippen molar-refractivity contribution in [2.75, 3.05) is 31.7 Å². The lowest BCUT2D eigenvalue weighted by molar-refractivity contribution is 0.102. The predicted octanol–water partition coefficient (Wildman–Crippen LogP) is 4.50. The van der Waals surface area contributed by atoms with E-state index in [0.29, 0.717) is 35.0 Å². The standard InChI is InChI=1S/C31H34N8O2/c1-31(2)27-25(18-39(31)30(41)35-26(19-38(3)4)20-9-6-5-7-10-20)28(37-36-27)33-23-11-8-12-24(17-23)34-29(40)21-13-15-22(32)16-14-21/h5-18,26H,19,32H2,1-4H3,(H,33,37)(H,34,40)(H,35,41)/t26-/m1/s1. The highest BCUT2D eigenvalue weighted by Crippen LogP contribution is 2.33. The molecule has 0 fully saturated rings. The summed E-state index contributed by atoms with van der Waals surface area (Å²) < 4.78 is 0. The number of benzene rings is 3. The number of rotatable bonds is 7. The monoisotopic (exact) mass is 550 g/mol. The van der Waals surface area contributed by atoms with E-state index in [2.05, 4.69) is 21.2 Å². The van der Waals surface area contributed by atoms with Gasteiger partial charge in [-0.25, -0.2) is 9.79 Å². The molecule has 0 aromatic heterocycles. The van der Waals surface area contributed by atoms with Gasteiger partial charge in [0.15, 0.2) is 5.84 Å². The van der Waals surface area contributed by atoms with Gasteiger partial charge < -0.3 is 21.3 Å². The summed E-state index contributed by atoms with van der Waals surface area (Å²) in [5.41, 5.74) is 12.9. The van der Waals surface area contributed by atoms with Gasteiger partial charge in [0.25, 0.3) is 5.91 Å². The number of amides is 3. The zero-order valence-electron chi connectivity index (χ0n) is 23.6. The van der Waals surface area contributed by atoms with Crippen LogP contribution in [-0.4, -0.2) is 59.5 Å². The molecule has 3 amide bonds. The summed E-state index contributed by atoms with van der Waals surface area (Å²) in [7, 11) is 3.96. The van der Waals surface area contributed by atoms with Crippen LogP contribution in [0.25, 0.3) is 0 Å². The van der Waals surface area contributed by atoms with E-state index in [1.807, 2.05) is 75.3 Å². The lowest BCUT2D eigenvalue weighted by Gasteiger charge is -2.33. The third-order valence-corrected chi connectivity index (χ3v) is 7.01. The number of amidine groups is 1. The minimum atomic E-state index is -0.696. The van der Waals surface area contributed by atoms with E-state index < -0.39 is 5.54 Å². The molecule has 2 aliphatic rings. The van der Waals surface area contributed by atoms with Crippen LogP contribution >= 0.6 is 0 Å². The minimum absolute atomic E-state index is 0.187. The summed E-state index contributed by atoms with van der Waals surface area (Å²) in [6.07, 6.45) is 1.79. The van der Waals surface area contributed by atoms with Crippen LogP contribution in [-0.2, 0) is 0 Å². The molecule has 2 heterocycles. The highest BCUT2D eigenvalue weighted by Gasteiger charge is 2.46. The van der Waals surface area contributed by atoms with Gasteiger partial charge in [-0.15, -0.1) is 0 Å². The average molecular weight is 551 g/mol. The number of hydrogen-bond donors (Lipinski definition) is 4. The van der Waals surface area contributed by atoms with Gasteiger partial charge in [0.05, 0.1) is 28.6 Å². The van der Waals surface area contributed by atoms with Crippen molar-refractivity contribution in [3.8, 4) is 0 Å². The predicted molar refractivity (Wildman–Crippen MR) is 163 cm³/mol. The number of hydrogen-bond acceptors (Lipinski definition) is 6. The first kappa shape index (κ1) is 27.6.